The molecule has 0 unspecified atom stereocenters. The standard InChI is InChI=1S/C23H35N5O2/c1-4-17(14-24)18-7-8-22(28(5-2)20-9-11-29-12-10-20)21(13-18)27-19-15-25-23(26-16-19)30-6-3/h7-8,13,15-17,20,27H,4-6,9-12,14,24H2,1-3H3/t17-/m1/s1. The summed E-state index contributed by atoms with van der Waals surface area (Å²) in [7, 11) is 0. The van der Waals surface area contributed by atoms with Gasteiger partial charge in [-0.3, -0.25) is 0 Å². The highest BCUT2D eigenvalue weighted by atomic mass is 16.5. The van der Waals surface area contributed by atoms with E-state index in [1.54, 1.807) is 12.4 Å². The average Bonchev–Trinajstić information content (AvgIpc) is 2.79. The fourth-order valence-corrected chi connectivity index (χ4v) is 4.06. The molecule has 1 aliphatic heterocycles. The number of ether oxygens (including phenoxy) is 2. The molecule has 0 aliphatic carbocycles. The van der Waals surface area contributed by atoms with E-state index in [1.807, 2.05) is 6.92 Å². The average molecular weight is 414 g/mol. The first-order chi connectivity index (χ1) is 14.7. The van der Waals surface area contributed by atoms with Gasteiger partial charge in [-0.25, -0.2) is 9.97 Å². The zero-order chi connectivity index (χ0) is 21.3. The summed E-state index contributed by atoms with van der Waals surface area (Å²) in [6.07, 6.45) is 6.63. The number of anilines is 3. The summed E-state index contributed by atoms with van der Waals surface area (Å²) in [4.78, 5) is 11.1. The number of hydrogen-bond acceptors (Lipinski definition) is 7. The maximum absolute atomic E-state index is 6.03. The second-order valence-corrected chi connectivity index (χ2v) is 7.56. The highest BCUT2D eigenvalue weighted by molar-refractivity contribution is 5.76. The van der Waals surface area contributed by atoms with Gasteiger partial charge in [0.25, 0.3) is 0 Å². The van der Waals surface area contributed by atoms with Crippen LogP contribution in [0.1, 0.15) is 51.5 Å². The van der Waals surface area contributed by atoms with Gasteiger partial charge in [-0.15, -0.1) is 0 Å². The Hall–Kier alpha value is -2.38. The van der Waals surface area contributed by atoms with Crippen molar-refractivity contribution in [3.63, 3.8) is 0 Å². The van der Waals surface area contributed by atoms with Crippen LogP contribution in [0.3, 0.4) is 0 Å². The van der Waals surface area contributed by atoms with Crippen molar-refractivity contribution in [1.82, 2.24) is 9.97 Å². The number of nitrogens with two attached hydrogens (primary N) is 1. The van der Waals surface area contributed by atoms with Crippen LogP contribution >= 0.6 is 0 Å². The summed E-state index contributed by atoms with van der Waals surface area (Å²) in [5.74, 6) is 0.342. The lowest BCUT2D eigenvalue weighted by molar-refractivity contribution is 0.0846. The third kappa shape index (κ3) is 5.40. The maximum atomic E-state index is 6.03. The van der Waals surface area contributed by atoms with E-state index in [9.17, 15) is 0 Å². The first-order valence-corrected chi connectivity index (χ1v) is 11.1. The molecule has 1 atom stereocenters. The van der Waals surface area contributed by atoms with Gasteiger partial charge in [0.1, 0.15) is 0 Å². The van der Waals surface area contributed by atoms with Gasteiger partial charge < -0.3 is 25.4 Å². The van der Waals surface area contributed by atoms with Crippen molar-refractivity contribution in [3.05, 3.63) is 36.2 Å². The van der Waals surface area contributed by atoms with E-state index in [0.29, 0.717) is 31.1 Å². The predicted octanol–water partition coefficient (Wildman–Crippen LogP) is 4.08. The molecule has 1 aromatic carbocycles. The molecule has 3 rings (SSSR count). The van der Waals surface area contributed by atoms with Crippen LogP contribution in [0.4, 0.5) is 17.1 Å². The van der Waals surface area contributed by atoms with Gasteiger partial charge in [0.2, 0.25) is 0 Å². The Morgan fingerprint density at radius 3 is 2.53 bits per heavy atom. The Morgan fingerprint density at radius 2 is 1.93 bits per heavy atom. The molecule has 0 saturated carbocycles. The van der Waals surface area contributed by atoms with Crippen LogP contribution in [-0.2, 0) is 4.74 Å². The van der Waals surface area contributed by atoms with Crippen molar-refractivity contribution in [3.8, 4) is 6.01 Å². The molecule has 0 amide bonds. The van der Waals surface area contributed by atoms with E-state index in [1.165, 1.54) is 11.3 Å². The van der Waals surface area contributed by atoms with E-state index in [0.717, 1.165) is 50.4 Å². The predicted molar refractivity (Wildman–Crippen MR) is 122 cm³/mol. The van der Waals surface area contributed by atoms with Gasteiger partial charge in [0.15, 0.2) is 0 Å². The molecule has 0 radical (unpaired) electrons. The van der Waals surface area contributed by atoms with Crippen molar-refractivity contribution in [2.75, 3.05) is 43.1 Å². The Labute approximate surface area is 180 Å². The van der Waals surface area contributed by atoms with Gasteiger partial charge in [0, 0.05) is 25.8 Å². The van der Waals surface area contributed by atoms with Crippen LogP contribution in [0.2, 0.25) is 0 Å². The van der Waals surface area contributed by atoms with Crippen molar-refractivity contribution in [1.29, 1.82) is 0 Å². The fourth-order valence-electron chi connectivity index (χ4n) is 4.06. The lowest BCUT2D eigenvalue weighted by Crippen LogP contribution is -2.39. The van der Waals surface area contributed by atoms with Gasteiger partial charge in [-0.1, -0.05) is 13.0 Å². The normalized spacial score (nSPS) is 15.6. The SMILES string of the molecule is CCOc1ncc(Nc2cc([C@H](CC)CN)ccc2N(CC)C2CCOCC2)cn1. The van der Waals surface area contributed by atoms with Crippen LogP contribution in [0.25, 0.3) is 0 Å². The van der Waals surface area contributed by atoms with E-state index in [4.69, 9.17) is 15.2 Å². The first kappa shape index (κ1) is 22.3. The molecule has 3 N–H and O–H groups in total. The summed E-state index contributed by atoms with van der Waals surface area (Å²) in [6.45, 7) is 10.1. The topological polar surface area (TPSA) is 85.5 Å². The summed E-state index contributed by atoms with van der Waals surface area (Å²) >= 11 is 0. The zero-order valence-corrected chi connectivity index (χ0v) is 18.4. The van der Waals surface area contributed by atoms with Crippen molar-refractivity contribution >= 4 is 17.1 Å². The molecule has 1 fully saturated rings. The zero-order valence-electron chi connectivity index (χ0n) is 18.4. The maximum Gasteiger partial charge on any atom is 0.316 e. The molecular weight excluding hydrogens is 378 g/mol. The molecule has 30 heavy (non-hydrogen) atoms. The molecule has 7 nitrogen and oxygen atoms in total. The lowest BCUT2D eigenvalue weighted by atomic mass is 9.95. The number of rotatable bonds is 10. The number of nitrogens with one attached hydrogen (secondary N) is 1. The van der Waals surface area contributed by atoms with Gasteiger partial charge in [-0.2, -0.15) is 0 Å². The van der Waals surface area contributed by atoms with Gasteiger partial charge in [0.05, 0.1) is 36.1 Å². The summed E-state index contributed by atoms with van der Waals surface area (Å²) in [5.41, 5.74) is 10.4. The van der Waals surface area contributed by atoms with Crippen LogP contribution in [-0.4, -0.2) is 48.9 Å². The highest BCUT2D eigenvalue weighted by Crippen LogP contribution is 2.35. The highest BCUT2D eigenvalue weighted by Gasteiger charge is 2.23. The third-order valence-electron chi connectivity index (χ3n) is 5.73. The third-order valence-corrected chi connectivity index (χ3v) is 5.73. The molecular formula is C23H35N5O2. The minimum atomic E-state index is 0.342. The van der Waals surface area contributed by atoms with Crippen LogP contribution in [0, 0.1) is 0 Å². The quantitative estimate of drug-likeness (QED) is 0.607. The molecule has 164 valence electrons. The Morgan fingerprint density at radius 1 is 1.20 bits per heavy atom. The molecule has 1 aliphatic rings. The molecule has 2 heterocycles. The molecule has 1 saturated heterocycles. The number of benzene rings is 1. The molecule has 0 spiro atoms. The monoisotopic (exact) mass is 413 g/mol. The molecule has 7 heteroatoms. The Balaban J connectivity index is 1.94. The van der Waals surface area contributed by atoms with E-state index >= 15 is 0 Å². The van der Waals surface area contributed by atoms with Crippen LogP contribution in [0.5, 0.6) is 6.01 Å². The number of aromatic nitrogens is 2. The lowest BCUT2D eigenvalue weighted by Gasteiger charge is -2.36. The Kier molecular flexibility index (Phi) is 8.28. The Bertz CT molecular complexity index is 774. The van der Waals surface area contributed by atoms with Crippen molar-refractivity contribution in [2.45, 2.75) is 52.0 Å². The second-order valence-electron chi connectivity index (χ2n) is 7.56. The van der Waals surface area contributed by atoms with E-state index in [-0.39, 0.29) is 0 Å². The minimum Gasteiger partial charge on any atom is -0.464 e. The smallest absolute Gasteiger partial charge is 0.316 e. The van der Waals surface area contributed by atoms with Crippen LogP contribution in [0.15, 0.2) is 30.6 Å². The fraction of sp³-hybridized carbons (Fsp3) is 0.565. The van der Waals surface area contributed by atoms with E-state index < -0.39 is 0 Å². The van der Waals surface area contributed by atoms with Crippen molar-refractivity contribution in [2.24, 2.45) is 5.73 Å². The van der Waals surface area contributed by atoms with Crippen LogP contribution < -0.4 is 20.7 Å². The van der Waals surface area contributed by atoms with Gasteiger partial charge in [-0.05, 0) is 63.3 Å². The first-order valence-electron chi connectivity index (χ1n) is 11.1. The largest absolute Gasteiger partial charge is 0.464 e. The molecule has 2 aromatic rings. The summed E-state index contributed by atoms with van der Waals surface area (Å²) in [5, 5.41) is 3.54. The number of nitrogens with zero attached hydrogens (tertiary/aromatic N) is 3. The summed E-state index contributed by atoms with van der Waals surface area (Å²) in [6, 6.07) is 7.55. The molecule has 1 aromatic heterocycles. The van der Waals surface area contributed by atoms with Gasteiger partial charge >= 0.3 is 6.01 Å². The summed E-state index contributed by atoms with van der Waals surface area (Å²) < 4.78 is 10.9. The number of hydrogen-bond donors (Lipinski definition) is 2. The second kappa shape index (κ2) is 11.1. The van der Waals surface area contributed by atoms with Crippen molar-refractivity contribution < 1.29 is 9.47 Å². The van der Waals surface area contributed by atoms with E-state index in [2.05, 4.69) is 52.2 Å². The minimum absolute atomic E-state index is 0.342. The molecule has 0 bridgehead atoms.